The van der Waals surface area contributed by atoms with Crippen molar-refractivity contribution in [1.82, 2.24) is 10.6 Å². The first-order chi connectivity index (χ1) is 12.6. The van der Waals surface area contributed by atoms with Crippen molar-refractivity contribution < 1.29 is 19.1 Å². The number of fused-ring (bicyclic) bond motifs is 1. The fourth-order valence-electron chi connectivity index (χ4n) is 3.24. The zero-order valence-corrected chi connectivity index (χ0v) is 15.1. The highest BCUT2D eigenvalue weighted by Gasteiger charge is 2.34. The molecular formula is C20H22N2O4. The van der Waals surface area contributed by atoms with Gasteiger partial charge in [-0.3, -0.25) is 0 Å². The highest BCUT2D eigenvalue weighted by molar-refractivity contribution is 5.98. The minimum absolute atomic E-state index is 0.254. The molecule has 1 heterocycles. The van der Waals surface area contributed by atoms with Crippen LogP contribution in [0, 0.1) is 0 Å². The van der Waals surface area contributed by atoms with Crippen molar-refractivity contribution in [3.05, 3.63) is 53.2 Å². The Morgan fingerprint density at radius 1 is 1.12 bits per heavy atom. The van der Waals surface area contributed by atoms with Crippen LogP contribution in [0.25, 0.3) is 10.8 Å². The molecule has 0 radical (unpaired) electrons. The summed E-state index contributed by atoms with van der Waals surface area (Å²) < 4.78 is 11.0. The zero-order chi connectivity index (χ0) is 18.7. The van der Waals surface area contributed by atoms with Crippen molar-refractivity contribution in [2.75, 3.05) is 13.2 Å². The van der Waals surface area contributed by atoms with Crippen LogP contribution in [-0.4, -0.2) is 25.2 Å². The van der Waals surface area contributed by atoms with Gasteiger partial charge in [-0.1, -0.05) is 30.3 Å². The number of hydrogen-bond donors (Lipinski definition) is 2. The number of urea groups is 1. The Morgan fingerprint density at radius 2 is 1.88 bits per heavy atom. The molecule has 0 fully saturated rings. The largest absolute Gasteiger partial charge is 0.493 e. The van der Waals surface area contributed by atoms with E-state index in [1.165, 1.54) is 0 Å². The Balaban J connectivity index is 2.24. The molecule has 3 rings (SSSR count). The van der Waals surface area contributed by atoms with E-state index in [0.29, 0.717) is 23.6 Å². The van der Waals surface area contributed by atoms with E-state index in [4.69, 9.17) is 9.47 Å². The molecule has 6 heteroatoms. The van der Waals surface area contributed by atoms with E-state index in [0.717, 1.165) is 16.3 Å². The Labute approximate surface area is 152 Å². The summed E-state index contributed by atoms with van der Waals surface area (Å²) in [6.45, 7) is 6.07. The number of carbonyl (C=O) groups excluding carboxylic acids is 2. The van der Waals surface area contributed by atoms with E-state index >= 15 is 0 Å². The lowest BCUT2D eigenvalue weighted by Crippen LogP contribution is -2.45. The normalized spacial score (nSPS) is 16.9. The zero-order valence-electron chi connectivity index (χ0n) is 15.1. The van der Waals surface area contributed by atoms with Gasteiger partial charge in [-0.25, -0.2) is 9.59 Å². The average Bonchev–Trinajstić information content (AvgIpc) is 2.61. The molecule has 0 aromatic heterocycles. The van der Waals surface area contributed by atoms with Crippen LogP contribution >= 0.6 is 0 Å². The number of esters is 1. The molecule has 26 heavy (non-hydrogen) atoms. The molecule has 1 atom stereocenters. The van der Waals surface area contributed by atoms with E-state index in [1.54, 1.807) is 13.8 Å². The molecule has 136 valence electrons. The first-order valence-electron chi connectivity index (χ1n) is 8.66. The lowest BCUT2D eigenvalue weighted by molar-refractivity contribution is -0.139. The molecule has 6 nitrogen and oxygen atoms in total. The van der Waals surface area contributed by atoms with Crippen LogP contribution in [0.3, 0.4) is 0 Å². The number of hydrogen-bond acceptors (Lipinski definition) is 4. The first kappa shape index (κ1) is 17.8. The topological polar surface area (TPSA) is 76.7 Å². The predicted molar refractivity (Wildman–Crippen MR) is 98.9 cm³/mol. The van der Waals surface area contributed by atoms with Gasteiger partial charge in [-0.2, -0.15) is 0 Å². The number of benzene rings is 2. The molecule has 2 aromatic rings. The Bertz CT molecular complexity index is 889. The van der Waals surface area contributed by atoms with Gasteiger partial charge in [0.05, 0.1) is 24.8 Å². The highest BCUT2D eigenvalue weighted by Crippen LogP contribution is 2.38. The van der Waals surface area contributed by atoms with E-state index in [1.807, 2.05) is 43.3 Å². The second-order valence-electron chi connectivity index (χ2n) is 5.92. The maximum absolute atomic E-state index is 12.6. The van der Waals surface area contributed by atoms with E-state index in [2.05, 4.69) is 10.6 Å². The third-order valence-electron chi connectivity index (χ3n) is 4.28. The minimum Gasteiger partial charge on any atom is -0.493 e. The Morgan fingerprint density at radius 3 is 2.62 bits per heavy atom. The number of amides is 2. The molecule has 2 amide bonds. The third kappa shape index (κ3) is 3.22. The quantitative estimate of drug-likeness (QED) is 0.807. The van der Waals surface area contributed by atoms with Crippen molar-refractivity contribution in [3.63, 3.8) is 0 Å². The summed E-state index contributed by atoms with van der Waals surface area (Å²) in [6, 6.07) is 10.6. The van der Waals surface area contributed by atoms with E-state index < -0.39 is 12.0 Å². The molecule has 1 aliphatic rings. The summed E-state index contributed by atoms with van der Waals surface area (Å²) >= 11 is 0. The van der Waals surface area contributed by atoms with Gasteiger partial charge in [0, 0.05) is 11.3 Å². The summed E-state index contributed by atoms with van der Waals surface area (Å²) in [6.07, 6.45) is 0. The van der Waals surface area contributed by atoms with Gasteiger partial charge in [0.1, 0.15) is 5.75 Å². The molecule has 0 saturated carbocycles. The van der Waals surface area contributed by atoms with Gasteiger partial charge < -0.3 is 20.1 Å². The van der Waals surface area contributed by atoms with Gasteiger partial charge in [0.2, 0.25) is 0 Å². The third-order valence-corrected chi connectivity index (χ3v) is 4.28. The van der Waals surface area contributed by atoms with Crippen LogP contribution in [0.1, 0.15) is 32.4 Å². The fourth-order valence-corrected chi connectivity index (χ4v) is 3.24. The van der Waals surface area contributed by atoms with Crippen LogP contribution in [0.4, 0.5) is 4.79 Å². The molecule has 2 N–H and O–H groups in total. The van der Waals surface area contributed by atoms with Gasteiger partial charge in [-0.05, 0) is 37.6 Å². The number of allylic oxidation sites excluding steroid dienone is 1. The second-order valence-corrected chi connectivity index (χ2v) is 5.92. The SMILES string of the molecule is CCOC(=O)C1=C(C)NC(=O)NC1c1c(OCC)ccc2ccccc12. The van der Waals surface area contributed by atoms with E-state index in [9.17, 15) is 9.59 Å². The molecular weight excluding hydrogens is 332 g/mol. The summed E-state index contributed by atoms with van der Waals surface area (Å²) in [5, 5.41) is 7.43. The maximum Gasteiger partial charge on any atom is 0.338 e. The highest BCUT2D eigenvalue weighted by atomic mass is 16.5. The predicted octanol–water partition coefficient (Wildman–Crippen LogP) is 3.43. The summed E-state index contributed by atoms with van der Waals surface area (Å²) in [7, 11) is 0. The molecule has 0 spiro atoms. The van der Waals surface area contributed by atoms with Crippen LogP contribution in [0.2, 0.25) is 0 Å². The first-order valence-corrected chi connectivity index (χ1v) is 8.66. The monoisotopic (exact) mass is 354 g/mol. The van der Waals surface area contributed by atoms with Crippen LogP contribution < -0.4 is 15.4 Å². The number of ether oxygens (including phenoxy) is 2. The van der Waals surface area contributed by atoms with Crippen molar-refractivity contribution in [2.24, 2.45) is 0 Å². The average molecular weight is 354 g/mol. The fraction of sp³-hybridized carbons (Fsp3) is 0.300. The lowest BCUT2D eigenvalue weighted by Gasteiger charge is -2.30. The molecule has 0 aliphatic carbocycles. The second kappa shape index (κ2) is 7.47. The van der Waals surface area contributed by atoms with Crippen LogP contribution in [-0.2, 0) is 9.53 Å². The minimum atomic E-state index is -0.657. The number of carbonyl (C=O) groups is 2. The van der Waals surface area contributed by atoms with Gasteiger partial charge in [-0.15, -0.1) is 0 Å². The Kier molecular flexibility index (Phi) is 5.11. The molecule has 2 aromatic carbocycles. The van der Waals surface area contributed by atoms with Gasteiger partial charge in [0.25, 0.3) is 0 Å². The van der Waals surface area contributed by atoms with Crippen molar-refractivity contribution in [1.29, 1.82) is 0 Å². The van der Waals surface area contributed by atoms with Crippen molar-refractivity contribution in [3.8, 4) is 5.75 Å². The molecule has 0 bridgehead atoms. The lowest BCUT2D eigenvalue weighted by atomic mass is 9.90. The number of rotatable bonds is 5. The summed E-state index contributed by atoms with van der Waals surface area (Å²) in [5.41, 5.74) is 1.61. The molecule has 0 saturated heterocycles. The standard InChI is InChI=1S/C20H22N2O4/c1-4-25-15-11-10-13-8-6-7-9-14(13)17(15)18-16(19(23)26-5-2)12(3)21-20(24)22-18/h6-11,18H,4-5H2,1-3H3,(H2,21,22,24). The van der Waals surface area contributed by atoms with E-state index in [-0.39, 0.29) is 12.6 Å². The number of nitrogens with one attached hydrogen (secondary N) is 2. The summed E-state index contributed by atoms with van der Waals surface area (Å²) in [4.78, 5) is 24.7. The maximum atomic E-state index is 12.6. The van der Waals surface area contributed by atoms with Crippen LogP contribution in [0.15, 0.2) is 47.7 Å². The Hall–Kier alpha value is -3.02. The van der Waals surface area contributed by atoms with Crippen molar-refractivity contribution >= 4 is 22.8 Å². The molecule has 1 unspecified atom stereocenters. The van der Waals surface area contributed by atoms with Crippen molar-refractivity contribution in [2.45, 2.75) is 26.8 Å². The smallest absolute Gasteiger partial charge is 0.338 e. The van der Waals surface area contributed by atoms with Gasteiger partial charge >= 0.3 is 12.0 Å². The van der Waals surface area contributed by atoms with Crippen LogP contribution in [0.5, 0.6) is 5.75 Å². The summed E-state index contributed by atoms with van der Waals surface area (Å²) in [5.74, 6) is 0.172. The van der Waals surface area contributed by atoms with Gasteiger partial charge in [0.15, 0.2) is 0 Å². The molecule has 1 aliphatic heterocycles.